The number of nitrogens with zero attached hydrogens (tertiary/aromatic N) is 1. The normalized spacial score (nSPS) is 12.6. The van der Waals surface area contributed by atoms with Gasteiger partial charge in [0.25, 0.3) is 17.7 Å². The van der Waals surface area contributed by atoms with Crippen molar-refractivity contribution in [3.8, 4) is 17.6 Å². The van der Waals surface area contributed by atoms with Crippen molar-refractivity contribution in [3.05, 3.63) is 59.7 Å². The van der Waals surface area contributed by atoms with Crippen LogP contribution in [-0.4, -0.2) is 71.1 Å². The molecule has 1 aliphatic rings. The van der Waals surface area contributed by atoms with Crippen molar-refractivity contribution in [2.75, 3.05) is 26.2 Å². The number of amides is 5. The molecule has 4 N–H and O–H groups in total. The molecule has 40 heavy (non-hydrogen) atoms. The average Bonchev–Trinajstić information content (AvgIpc) is 3.20. The molecule has 210 valence electrons. The lowest BCUT2D eigenvalue weighted by Gasteiger charge is -2.15. The largest absolute Gasteiger partial charge is 0.481 e. The minimum absolute atomic E-state index is 0.246. The molecule has 11 nitrogen and oxygen atoms in total. The first-order chi connectivity index (χ1) is 19.3. The summed E-state index contributed by atoms with van der Waals surface area (Å²) < 4.78 is 5.48. The molecular weight excluding hydrogens is 536 g/mol. The Hall–Kier alpha value is -4.34. The predicted molar refractivity (Wildman–Crippen MR) is 147 cm³/mol. The predicted octanol–water partition coefficient (Wildman–Crippen LogP) is 1.75. The van der Waals surface area contributed by atoms with Gasteiger partial charge in [0.1, 0.15) is 18.9 Å². The molecule has 12 heteroatoms. The molecule has 1 atom stereocenters. The van der Waals surface area contributed by atoms with Gasteiger partial charge in [-0.3, -0.25) is 34.1 Å². The van der Waals surface area contributed by atoms with Gasteiger partial charge >= 0.3 is 0 Å². The number of rotatable bonds is 14. The molecule has 0 bridgehead atoms. The molecular formula is C28H30N4O7S. The number of benzene rings is 2. The average molecular weight is 567 g/mol. The first kappa shape index (κ1) is 30.2. The second-order valence-electron chi connectivity index (χ2n) is 8.63. The van der Waals surface area contributed by atoms with E-state index in [2.05, 4.69) is 22.5 Å². The first-order valence-corrected chi connectivity index (χ1v) is 13.4. The minimum Gasteiger partial charge on any atom is -0.481 e. The van der Waals surface area contributed by atoms with Crippen molar-refractivity contribution in [1.29, 1.82) is 0 Å². The van der Waals surface area contributed by atoms with E-state index in [-0.39, 0.29) is 24.3 Å². The number of carbonyl (C=O) groups excluding carboxylic acids is 5. The molecule has 5 amide bonds. The SMILES string of the molecule is CC#CCOc1ccc(SC(CCCCNC(=O)CNC(=O)CN2C(=O)c3ccccc3C2=O)C(=O)NO)cc1. The van der Waals surface area contributed by atoms with E-state index in [0.717, 1.165) is 9.80 Å². The van der Waals surface area contributed by atoms with Crippen molar-refractivity contribution >= 4 is 41.3 Å². The fraction of sp³-hybridized carbons (Fsp3) is 0.321. The number of unbranched alkanes of at least 4 members (excludes halogenated alkanes) is 1. The number of carbonyl (C=O) groups is 5. The second kappa shape index (κ2) is 15.3. The quantitative estimate of drug-likeness (QED) is 0.0674. The van der Waals surface area contributed by atoms with E-state index in [4.69, 9.17) is 9.94 Å². The number of hydrogen-bond donors (Lipinski definition) is 4. The number of hydroxylamine groups is 1. The summed E-state index contributed by atoms with van der Waals surface area (Å²) in [6, 6.07) is 13.5. The summed E-state index contributed by atoms with van der Waals surface area (Å²) in [5, 5.41) is 13.7. The lowest BCUT2D eigenvalue weighted by molar-refractivity contribution is -0.128. The Kier molecular flexibility index (Phi) is 11.6. The van der Waals surface area contributed by atoms with E-state index in [1.165, 1.54) is 23.9 Å². The van der Waals surface area contributed by atoms with E-state index < -0.39 is 41.3 Å². The lowest BCUT2D eigenvalue weighted by Crippen LogP contribution is -2.43. The van der Waals surface area contributed by atoms with Gasteiger partial charge in [-0.1, -0.05) is 24.5 Å². The maximum atomic E-state index is 12.3. The summed E-state index contributed by atoms with van der Waals surface area (Å²) in [6.07, 6.45) is 1.61. The topological polar surface area (TPSA) is 154 Å². The first-order valence-electron chi connectivity index (χ1n) is 12.6. The zero-order chi connectivity index (χ0) is 28.9. The third kappa shape index (κ3) is 8.59. The monoisotopic (exact) mass is 566 g/mol. The standard InChI is InChI=1S/C28H30N4O7S/c1-2-3-16-39-19-11-13-20(14-12-19)40-23(26(35)31-38)10-6-7-15-29-24(33)17-30-25(34)18-32-27(36)21-8-4-5-9-22(21)28(32)37/h4-5,8-9,11-14,23,38H,6-7,10,15-18H2,1H3,(H,29,33)(H,30,34)(H,31,35). The molecule has 0 spiro atoms. The van der Waals surface area contributed by atoms with Gasteiger partial charge in [-0.15, -0.1) is 17.7 Å². The Morgan fingerprint density at radius 1 is 0.975 bits per heavy atom. The van der Waals surface area contributed by atoms with E-state index >= 15 is 0 Å². The van der Waals surface area contributed by atoms with Crippen LogP contribution in [0.4, 0.5) is 0 Å². The van der Waals surface area contributed by atoms with Gasteiger partial charge in [0, 0.05) is 11.4 Å². The molecule has 3 rings (SSSR count). The van der Waals surface area contributed by atoms with Crippen molar-refractivity contribution in [3.63, 3.8) is 0 Å². The van der Waals surface area contributed by atoms with Crippen LogP contribution in [0.5, 0.6) is 5.75 Å². The second-order valence-corrected chi connectivity index (χ2v) is 9.91. The van der Waals surface area contributed by atoms with Crippen LogP contribution in [0.25, 0.3) is 0 Å². The zero-order valence-electron chi connectivity index (χ0n) is 21.9. The third-order valence-electron chi connectivity index (χ3n) is 5.83. The highest BCUT2D eigenvalue weighted by molar-refractivity contribution is 8.00. The van der Waals surface area contributed by atoms with Crippen molar-refractivity contribution in [2.45, 2.75) is 36.3 Å². The fourth-order valence-electron chi connectivity index (χ4n) is 3.79. The van der Waals surface area contributed by atoms with Gasteiger partial charge < -0.3 is 15.4 Å². The summed E-state index contributed by atoms with van der Waals surface area (Å²) in [6.45, 7) is 1.55. The van der Waals surface area contributed by atoms with Crippen LogP contribution in [0, 0.1) is 11.8 Å². The maximum Gasteiger partial charge on any atom is 0.262 e. The highest BCUT2D eigenvalue weighted by Crippen LogP contribution is 2.28. The maximum absolute atomic E-state index is 12.3. The summed E-state index contributed by atoms with van der Waals surface area (Å²) >= 11 is 1.30. The minimum atomic E-state index is -0.631. The molecule has 0 saturated carbocycles. The van der Waals surface area contributed by atoms with E-state index in [0.29, 0.717) is 31.6 Å². The summed E-state index contributed by atoms with van der Waals surface area (Å²) in [4.78, 5) is 62.8. The van der Waals surface area contributed by atoms with Gasteiger partial charge in [-0.25, -0.2) is 5.48 Å². The molecule has 0 radical (unpaired) electrons. The smallest absolute Gasteiger partial charge is 0.262 e. The number of ether oxygens (including phenoxy) is 1. The number of hydrogen-bond acceptors (Lipinski definition) is 8. The van der Waals surface area contributed by atoms with Gasteiger partial charge in [0.2, 0.25) is 11.8 Å². The Bertz CT molecular complexity index is 1270. The van der Waals surface area contributed by atoms with Gasteiger partial charge in [0.15, 0.2) is 0 Å². The number of fused-ring (bicyclic) bond motifs is 1. The number of nitrogens with one attached hydrogen (secondary N) is 3. The van der Waals surface area contributed by atoms with Crippen LogP contribution in [0.1, 0.15) is 46.9 Å². The zero-order valence-corrected chi connectivity index (χ0v) is 22.7. The van der Waals surface area contributed by atoms with Crippen LogP contribution in [0.2, 0.25) is 0 Å². The molecule has 2 aromatic carbocycles. The molecule has 2 aromatic rings. The highest BCUT2D eigenvalue weighted by atomic mass is 32.2. The van der Waals surface area contributed by atoms with Crippen LogP contribution >= 0.6 is 11.8 Å². The fourth-order valence-corrected chi connectivity index (χ4v) is 4.86. The number of imide groups is 1. The van der Waals surface area contributed by atoms with Gasteiger partial charge in [-0.2, -0.15) is 0 Å². The molecule has 0 fully saturated rings. The molecule has 0 aromatic heterocycles. The van der Waals surface area contributed by atoms with E-state index in [1.807, 2.05) is 12.1 Å². The van der Waals surface area contributed by atoms with E-state index in [1.54, 1.807) is 36.7 Å². The Morgan fingerprint density at radius 2 is 1.65 bits per heavy atom. The van der Waals surface area contributed by atoms with Gasteiger partial charge in [0.05, 0.1) is 22.9 Å². The van der Waals surface area contributed by atoms with Crippen LogP contribution in [0.15, 0.2) is 53.4 Å². The molecule has 0 aliphatic carbocycles. The van der Waals surface area contributed by atoms with Gasteiger partial charge in [-0.05, 0) is 56.2 Å². The molecule has 1 unspecified atom stereocenters. The Morgan fingerprint density at radius 3 is 2.27 bits per heavy atom. The highest BCUT2D eigenvalue weighted by Gasteiger charge is 2.36. The summed E-state index contributed by atoms with van der Waals surface area (Å²) in [5.74, 6) is 3.55. The van der Waals surface area contributed by atoms with Crippen molar-refractivity contribution < 1.29 is 33.9 Å². The van der Waals surface area contributed by atoms with Crippen molar-refractivity contribution in [2.24, 2.45) is 0 Å². The summed E-state index contributed by atoms with van der Waals surface area (Å²) in [7, 11) is 0. The summed E-state index contributed by atoms with van der Waals surface area (Å²) in [5.41, 5.74) is 2.19. The van der Waals surface area contributed by atoms with Crippen molar-refractivity contribution in [1.82, 2.24) is 21.0 Å². The van der Waals surface area contributed by atoms with Crippen LogP contribution < -0.4 is 20.9 Å². The van der Waals surface area contributed by atoms with Crippen LogP contribution in [0.3, 0.4) is 0 Å². The number of thioether (sulfide) groups is 1. The Labute approximate surface area is 236 Å². The third-order valence-corrected chi connectivity index (χ3v) is 7.11. The Balaban J connectivity index is 1.34. The molecule has 1 aliphatic heterocycles. The molecule has 1 heterocycles. The van der Waals surface area contributed by atoms with E-state index in [9.17, 15) is 24.0 Å². The molecule has 0 saturated heterocycles. The van der Waals surface area contributed by atoms with Crippen LogP contribution in [-0.2, 0) is 14.4 Å². The lowest BCUT2D eigenvalue weighted by atomic mass is 10.1.